The Hall–Kier alpha value is -2.36. The molecule has 0 fully saturated rings. The molecule has 1 atom stereocenters. The molecule has 2 amide bonds. The van der Waals surface area contributed by atoms with Crippen LogP contribution in [0.3, 0.4) is 0 Å². The van der Waals surface area contributed by atoms with Gasteiger partial charge in [-0.15, -0.1) is 0 Å². The highest BCUT2D eigenvalue weighted by Crippen LogP contribution is 2.11. The zero-order valence-electron chi connectivity index (χ0n) is 11.1. The molecule has 0 unspecified atom stereocenters. The number of pyridine rings is 1. The first kappa shape index (κ1) is 13.1. The summed E-state index contributed by atoms with van der Waals surface area (Å²) in [5.74, 6) is 0. The summed E-state index contributed by atoms with van der Waals surface area (Å²) in [5, 5.41) is 5.67. The number of hydrogen-bond donors (Lipinski definition) is 2. The van der Waals surface area contributed by atoms with E-state index in [0.717, 1.165) is 16.8 Å². The van der Waals surface area contributed by atoms with E-state index in [9.17, 15) is 4.79 Å². The summed E-state index contributed by atoms with van der Waals surface area (Å²) in [6.45, 7) is 3.93. The van der Waals surface area contributed by atoms with Crippen LogP contribution in [0.2, 0.25) is 0 Å². The standard InChI is InChI=1S/C15H17N3O/c1-11-5-7-14(8-6-11)18-15(19)17-12(2)13-4-3-9-16-10-13/h3-10,12H,1-2H3,(H2,17,18,19)/t12-/m0/s1. The fourth-order valence-corrected chi connectivity index (χ4v) is 1.72. The maximum Gasteiger partial charge on any atom is 0.319 e. The molecule has 0 aliphatic rings. The number of carbonyl (C=O) groups excluding carboxylic acids is 1. The van der Waals surface area contributed by atoms with Crippen LogP contribution in [0.25, 0.3) is 0 Å². The molecule has 0 saturated carbocycles. The van der Waals surface area contributed by atoms with Crippen LogP contribution in [0.4, 0.5) is 10.5 Å². The van der Waals surface area contributed by atoms with Gasteiger partial charge in [-0.1, -0.05) is 23.8 Å². The number of rotatable bonds is 3. The minimum atomic E-state index is -0.222. The van der Waals surface area contributed by atoms with Crippen LogP contribution < -0.4 is 10.6 Å². The van der Waals surface area contributed by atoms with Gasteiger partial charge in [-0.05, 0) is 37.6 Å². The third kappa shape index (κ3) is 3.81. The number of anilines is 1. The largest absolute Gasteiger partial charge is 0.331 e. The van der Waals surface area contributed by atoms with Crippen LogP contribution in [-0.4, -0.2) is 11.0 Å². The number of aromatic nitrogens is 1. The predicted octanol–water partition coefficient (Wildman–Crippen LogP) is 3.27. The van der Waals surface area contributed by atoms with Crippen LogP contribution in [0, 0.1) is 6.92 Å². The third-order valence-electron chi connectivity index (χ3n) is 2.84. The molecule has 1 heterocycles. The van der Waals surface area contributed by atoms with E-state index in [2.05, 4.69) is 15.6 Å². The highest BCUT2D eigenvalue weighted by Gasteiger charge is 2.09. The first-order valence-corrected chi connectivity index (χ1v) is 6.19. The summed E-state index contributed by atoms with van der Waals surface area (Å²) >= 11 is 0. The van der Waals surface area contributed by atoms with Crippen LogP contribution in [0.5, 0.6) is 0 Å². The van der Waals surface area contributed by atoms with Gasteiger partial charge in [0, 0.05) is 18.1 Å². The lowest BCUT2D eigenvalue weighted by atomic mass is 10.1. The molecule has 0 radical (unpaired) electrons. The van der Waals surface area contributed by atoms with Crippen molar-refractivity contribution in [1.29, 1.82) is 0 Å². The van der Waals surface area contributed by atoms with Crippen molar-refractivity contribution in [2.45, 2.75) is 19.9 Å². The minimum Gasteiger partial charge on any atom is -0.331 e. The molecule has 19 heavy (non-hydrogen) atoms. The average Bonchev–Trinajstić information content (AvgIpc) is 2.42. The fraction of sp³-hybridized carbons (Fsp3) is 0.200. The lowest BCUT2D eigenvalue weighted by Gasteiger charge is -2.14. The van der Waals surface area contributed by atoms with Gasteiger partial charge in [0.2, 0.25) is 0 Å². The smallest absolute Gasteiger partial charge is 0.319 e. The molecule has 0 saturated heterocycles. The summed E-state index contributed by atoms with van der Waals surface area (Å²) in [4.78, 5) is 15.9. The molecule has 2 rings (SSSR count). The topological polar surface area (TPSA) is 54.0 Å². The van der Waals surface area contributed by atoms with E-state index in [1.165, 1.54) is 0 Å². The Kier molecular flexibility index (Phi) is 4.13. The highest BCUT2D eigenvalue weighted by atomic mass is 16.2. The van der Waals surface area contributed by atoms with Gasteiger partial charge in [0.05, 0.1) is 6.04 Å². The van der Waals surface area contributed by atoms with E-state index in [-0.39, 0.29) is 12.1 Å². The molecule has 2 aromatic rings. The minimum absolute atomic E-state index is 0.0841. The SMILES string of the molecule is Cc1ccc(NC(=O)N[C@@H](C)c2cccnc2)cc1. The van der Waals surface area contributed by atoms with Gasteiger partial charge in [0.1, 0.15) is 0 Å². The zero-order chi connectivity index (χ0) is 13.7. The second-order valence-electron chi connectivity index (χ2n) is 4.47. The molecule has 1 aromatic carbocycles. The summed E-state index contributed by atoms with van der Waals surface area (Å²) < 4.78 is 0. The Morgan fingerprint density at radius 3 is 2.58 bits per heavy atom. The number of nitrogens with one attached hydrogen (secondary N) is 2. The summed E-state index contributed by atoms with van der Waals surface area (Å²) in [6.07, 6.45) is 3.46. The number of hydrogen-bond acceptors (Lipinski definition) is 2. The molecule has 0 aliphatic carbocycles. The Bertz CT molecular complexity index is 537. The summed E-state index contributed by atoms with van der Waals surface area (Å²) in [5.41, 5.74) is 2.91. The second kappa shape index (κ2) is 6.00. The van der Waals surface area contributed by atoms with Crippen LogP contribution in [-0.2, 0) is 0 Å². The van der Waals surface area contributed by atoms with E-state index in [1.807, 2.05) is 50.2 Å². The van der Waals surface area contributed by atoms with Crippen molar-refractivity contribution in [3.63, 3.8) is 0 Å². The number of benzene rings is 1. The van der Waals surface area contributed by atoms with Gasteiger partial charge >= 0.3 is 6.03 Å². The number of aryl methyl sites for hydroxylation is 1. The second-order valence-corrected chi connectivity index (χ2v) is 4.47. The van der Waals surface area contributed by atoms with Gasteiger partial charge in [0.15, 0.2) is 0 Å². The normalized spacial score (nSPS) is 11.7. The van der Waals surface area contributed by atoms with Gasteiger partial charge in [0.25, 0.3) is 0 Å². The molecule has 1 aromatic heterocycles. The Morgan fingerprint density at radius 2 is 1.95 bits per heavy atom. The summed E-state index contributed by atoms with van der Waals surface area (Å²) in [6, 6.07) is 11.2. The number of amides is 2. The summed E-state index contributed by atoms with van der Waals surface area (Å²) in [7, 11) is 0. The zero-order valence-corrected chi connectivity index (χ0v) is 11.1. The monoisotopic (exact) mass is 255 g/mol. The molecule has 0 aliphatic heterocycles. The van der Waals surface area contributed by atoms with E-state index >= 15 is 0 Å². The van der Waals surface area contributed by atoms with Crippen molar-refractivity contribution < 1.29 is 4.79 Å². The van der Waals surface area contributed by atoms with E-state index in [1.54, 1.807) is 12.4 Å². The first-order valence-electron chi connectivity index (χ1n) is 6.19. The van der Waals surface area contributed by atoms with Crippen molar-refractivity contribution in [3.05, 3.63) is 59.9 Å². The van der Waals surface area contributed by atoms with Crippen LogP contribution in [0.15, 0.2) is 48.8 Å². The molecule has 4 nitrogen and oxygen atoms in total. The van der Waals surface area contributed by atoms with Crippen molar-refractivity contribution in [2.75, 3.05) is 5.32 Å². The van der Waals surface area contributed by atoms with E-state index < -0.39 is 0 Å². The van der Waals surface area contributed by atoms with Gasteiger partial charge in [-0.25, -0.2) is 4.79 Å². The maximum atomic E-state index is 11.8. The lowest BCUT2D eigenvalue weighted by Crippen LogP contribution is -2.31. The van der Waals surface area contributed by atoms with Gasteiger partial charge in [-0.2, -0.15) is 0 Å². The Morgan fingerprint density at radius 1 is 1.21 bits per heavy atom. The number of urea groups is 1. The van der Waals surface area contributed by atoms with Crippen molar-refractivity contribution >= 4 is 11.7 Å². The third-order valence-corrected chi connectivity index (χ3v) is 2.84. The lowest BCUT2D eigenvalue weighted by molar-refractivity contribution is 0.249. The molecule has 0 spiro atoms. The Balaban J connectivity index is 1.93. The first-order chi connectivity index (χ1) is 9.15. The molecule has 0 bridgehead atoms. The van der Waals surface area contributed by atoms with Gasteiger partial charge < -0.3 is 10.6 Å². The highest BCUT2D eigenvalue weighted by molar-refractivity contribution is 5.89. The molecule has 98 valence electrons. The average molecular weight is 255 g/mol. The Labute approximate surface area is 112 Å². The van der Waals surface area contributed by atoms with Crippen LogP contribution in [0.1, 0.15) is 24.1 Å². The number of carbonyl (C=O) groups is 1. The molecule has 4 heteroatoms. The van der Waals surface area contributed by atoms with Gasteiger partial charge in [-0.3, -0.25) is 4.98 Å². The van der Waals surface area contributed by atoms with E-state index in [0.29, 0.717) is 0 Å². The van der Waals surface area contributed by atoms with Crippen molar-refractivity contribution in [3.8, 4) is 0 Å². The maximum absolute atomic E-state index is 11.8. The van der Waals surface area contributed by atoms with E-state index in [4.69, 9.17) is 0 Å². The molecular formula is C15H17N3O. The number of nitrogens with zero attached hydrogens (tertiary/aromatic N) is 1. The van der Waals surface area contributed by atoms with Crippen LogP contribution >= 0.6 is 0 Å². The predicted molar refractivity (Wildman–Crippen MR) is 76.0 cm³/mol. The molecule has 2 N–H and O–H groups in total. The molecular weight excluding hydrogens is 238 g/mol. The fourth-order valence-electron chi connectivity index (χ4n) is 1.72. The van der Waals surface area contributed by atoms with Crippen molar-refractivity contribution in [1.82, 2.24) is 10.3 Å². The van der Waals surface area contributed by atoms with Crippen molar-refractivity contribution in [2.24, 2.45) is 0 Å². The quantitative estimate of drug-likeness (QED) is 0.884.